The molecule has 0 radical (unpaired) electrons. The Morgan fingerprint density at radius 3 is 2.57 bits per heavy atom. The summed E-state index contributed by atoms with van der Waals surface area (Å²) in [5.74, 6) is 1.81. The third-order valence-electron chi connectivity index (χ3n) is 4.37. The van der Waals surface area contributed by atoms with Gasteiger partial charge in [0.25, 0.3) is 0 Å². The molecule has 5 nitrogen and oxygen atoms in total. The van der Waals surface area contributed by atoms with Crippen LogP contribution in [0.2, 0.25) is 0 Å². The van der Waals surface area contributed by atoms with Crippen LogP contribution >= 0.6 is 0 Å². The number of likely N-dealkylation sites (tertiary alicyclic amines) is 1. The zero-order valence-corrected chi connectivity index (χ0v) is 15.6. The van der Waals surface area contributed by atoms with Crippen LogP contribution in [0, 0.1) is 5.92 Å². The molecule has 1 heterocycles. The summed E-state index contributed by atoms with van der Waals surface area (Å²) in [6.45, 7) is 11.9. The van der Waals surface area contributed by atoms with E-state index in [2.05, 4.69) is 27.4 Å². The summed E-state index contributed by atoms with van der Waals surface area (Å²) in [4.78, 5) is 6.90. The first-order chi connectivity index (χ1) is 11.3. The fourth-order valence-corrected chi connectivity index (χ4v) is 3.06. The van der Waals surface area contributed by atoms with Crippen molar-refractivity contribution >= 4 is 5.96 Å². The van der Waals surface area contributed by atoms with E-state index < -0.39 is 0 Å². The van der Waals surface area contributed by atoms with E-state index in [4.69, 9.17) is 4.74 Å². The molecule has 0 saturated carbocycles. The first-order valence-electron chi connectivity index (χ1n) is 9.50. The lowest BCUT2D eigenvalue weighted by Gasteiger charge is -2.30. The third kappa shape index (κ3) is 10.6. The minimum absolute atomic E-state index is 0.812. The molecule has 1 aliphatic rings. The van der Waals surface area contributed by atoms with Crippen LogP contribution in [-0.2, 0) is 4.74 Å². The largest absolute Gasteiger partial charge is 0.382 e. The van der Waals surface area contributed by atoms with Crippen LogP contribution in [0.25, 0.3) is 0 Å². The Morgan fingerprint density at radius 2 is 1.91 bits per heavy atom. The molecule has 23 heavy (non-hydrogen) atoms. The number of piperidine rings is 1. The molecular weight excluding hydrogens is 288 g/mol. The molecule has 0 spiro atoms. The van der Waals surface area contributed by atoms with Gasteiger partial charge in [0.1, 0.15) is 0 Å². The molecule has 1 unspecified atom stereocenters. The highest BCUT2D eigenvalue weighted by molar-refractivity contribution is 5.79. The van der Waals surface area contributed by atoms with E-state index in [9.17, 15) is 0 Å². The third-order valence-corrected chi connectivity index (χ3v) is 4.37. The average molecular weight is 327 g/mol. The molecule has 0 amide bonds. The number of unbranched alkanes of at least 4 members (excludes halogenated alkanes) is 2. The maximum Gasteiger partial charge on any atom is 0.190 e. The Morgan fingerprint density at radius 1 is 1.17 bits per heavy atom. The van der Waals surface area contributed by atoms with Crippen LogP contribution in [0.4, 0.5) is 0 Å². The first kappa shape index (κ1) is 20.2. The fraction of sp³-hybridized carbons (Fsp3) is 0.944. The number of ether oxygens (including phenoxy) is 1. The Labute approximate surface area is 143 Å². The van der Waals surface area contributed by atoms with Crippen LogP contribution in [0.5, 0.6) is 0 Å². The summed E-state index contributed by atoms with van der Waals surface area (Å²) in [5.41, 5.74) is 0. The van der Waals surface area contributed by atoms with Crippen molar-refractivity contribution in [1.82, 2.24) is 15.5 Å². The zero-order valence-electron chi connectivity index (χ0n) is 15.6. The summed E-state index contributed by atoms with van der Waals surface area (Å²) in [6, 6.07) is 0. The van der Waals surface area contributed by atoms with E-state index in [1.165, 1.54) is 45.3 Å². The molecule has 1 fully saturated rings. The molecule has 0 aromatic carbocycles. The van der Waals surface area contributed by atoms with Gasteiger partial charge >= 0.3 is 0 Å². The predicted molar refractivity (Wildman–Crippen MR) is 99.2 cm³/mol. The molecule has 1 saturated heterocycles. The van der Waals surface area contributed by atoms with Crippen molar-refractivity contribution in [2.24, 2.45) is 10.9 Å². The first-order valence-corrected chi connectivity index (χ1v) is 9.50. The van der Waals surface area contributed by atoms with Crippen molar-refractivity contribution in [1.29, 1.82) is 0 Å². The van der Waals surface area contributed by atoms with E-state index >= 15 is 0 Å². The average Bonchev–Trinajstić information content (AvgIpc) is 2.56. The van der Waals surface area contributed by atoms with Gasteiger partial charge in [-0.05, 0) is 64.5 Å². The van der Waals surface area contributed by atoms with Gasteiger partial charge in [-0.3, -0.25) is 4.99 Å². The van der Waals surface area contributed by atoms with Gasteiger partial charge < -0.3 is 20.3 Å². The number of nitrogens with zero attached hydrogens (tertiary/aromatic N) is 2. The number of hydrogen-bond acceptors (Lipinski definition) is 3. The van der Waals surface area contributed by atoms with Gasteiger partial charge in [0.15, 0.2) is 5.96 Å². The minimum Gasteiger partial charge on any atom is -0.382 e. The Balaban J connectivity index is 1.95. The van der Waals surface area contributed by atoms with Crippen LogP contribution in [-0.4, -0.2) is 63.8 Å². The number of guanidine groups is 1. The van der Waals surface area contributed by atoms with Crippen molar-refractivity contribution in [2.75, 3.05) is 53.0 Å². The normalized spacial score (nSPS) is 19.8. The van der Waals surface area contributed by atoms with Gasteiger partial charge in [0.05, 0.1) is 0 Å². The fourth-order valence-electron chi connectivity index (χ4n) is 3.06. The van der Waals surface area contributed by atoms with E-state index in [1.54, 1.807) is 0 Å². The van der Waals surface area contributed by atoms with Gasteiger partial charge in [-0.15, -0.1) is 0 Å². The van der Waals surface area contributed by atoms with Gasteiger partial charge in [-0.2, -0.15) is 0 Å². The Kier molecular flexibility index (Phi) is 12.0. The minimum atomic E-state index is 0.812. The number of aliphatic imine (C=N–C) groups is 1. The molecule has 5 heteroatoms. The van der Waals surface area contributed by atoms with Crippen molar-refractivity contribution in [3.63, 3.8) is 0 Å². The summed E-state index contributed by atoms with van der Waals surface area (Å²) in [7, 11) is 1.84. The lowest BCUT2D eigenvalue weighted by atomic mass is 10.0. The second kappa shape index (κ2) is 13.6. The van der Waals surface area contributed by atoms with Crippen LogP contribution in [0.15, 0.2) is 4.99 Å². The number of nitrogens with one attached hydrogen (secondary N) is 2. The van der Waals surface area contributed by atoms with Crippen molar-refractivity contribution < 1.29 is 4.74 Å². The highest BCUT2D eigenvalue weighted by Crippen LogP contribution is 2.15. The smallest absolute Gasteiger partial charge is 0.190 e. The Hall–Kier alpha value is -0.810. The molecule has 0 aromatic rings. The molecule has 1 atom stereocenters. The highest BCUT2D eigenvalue weighted by atomic mass is 16.5. The van der Waals surface area contributed by atoms with Crippen molar-refractivity contribution in [3.05, 3.63) is 0 Å². The Bertz CT molecular complexity index is 309. The number of hydrogen-bond donors (Lipinski definition) is 2. The van der Waals surface area contributed by atoms with Crippen molar-refractivity contribution in [3.8, 4) is 0 Å². The van der Waals surface area contributed by atoms with E-state index in [-0.39, 0.29) is 0 Å². The molecular formula is C18H38N4O. The lowest BCUT2D eigenvalue weighted by molar-refractivity contribution is 0.143. The van der Waals surface area contributed by atoms with Gasteiger partial charge in [0.2, 0.25) is 0 Å². The summed E-state index contributed by atoms with van der Waals surface area (Å²) < 4.78 is 5.34. The van der Waals surface area contributed by atoms with Crippen molar-refractivity contribution in [2.45, 2.75) is 52.4 Å². The van der Waals surface area contributed by atoms with E-state index in [0.717, 1.165) is 51.0 Å². The molecule has 0 aromatic heterocycles. The highest BCUT2D eigenvalue weighted by Gasteiger charge is 2.15. The summed E-state index contributed by atoms with van der Waals surface area (Å²) in [5, 5.41) is 6.77. The zero-order chi connectivity index (χ0) is 16.8. The van der Waals surface area contributed by atoms with Crippen LogP contribution in [0.3, 0.4) is 0 Å². The van der Waals surface area contributed by atoms with E-state index in [1.807, 2.05) is 14.0 Å². The van der Waals surface area contributed by atoms with Gasteiger partial charge in [-0.1, -0.05) is 6.92 Å². The second-order valence-electron chi connectivity index (χ2n) is 6.58. The standard InChI is InChI=1S/C18H38N4O/c1-4-23-15-8-6-12-21-18(19-3)20-11-5-7-13-22-14-9-10-17(2)16-22/h17H,4-16H2,1-3H3,(H2,19,20,21). The molecule has 1 aliphatic heterocycles. The second-order valence-corrected chi connectivity index (χ2v) is 6.58. The maximum absolute atomic E-state index is 5.34. The summed E-state index contributed by atoms with van der Waals surface area (Å²) in [6.07, 6.45) is 7.48. The molecule has 1 rings (SSSR count). The summed E-state index contributed by atoms with van der Waals surface area (Å²) >= 11 is 0. The molecule has 0 bridgehead atoms. The van der Waals surface area contributed by atoms with Crippen LogP contribution < -0.4 is 10.6 Å². The topological polar surface area (TPSA) is 48.9 Å². The monoisotopic (exact) mass is 326 g/mol. The van der Waals surface area contributed by atoms with Gasteiger partial charge in [0, 0.05) is 39.9 Å². The molecule has 0 aliphatic carbocycles. The van der Waals surface area contributed by atoms with Crippen LogP contribution in [0.1, 0.15) is 52.4 Å². The predicted octanol–water partition coefficient (Wildman–Crippen LogP) is 2.48. The quantitative estimate of drug-likeness (QED) is 0.348. The van der Waals surface area contributed by atoms with Gasteiger partial charge in [-0.25, -0.2) is 0 Å². The maximum atomic E-state index is 5.34. The van der Waals surface area contributed by atoms with E-state index in [0.29, 0.717) is 0 Å². The molecule has 2 N–H and O–H groups in total. The lowest BCUT2D eigenvalue weighted by Crippen LogP contribution is -2.39. The SMILES string of the molecule is CCOCCCCNC(=NC)NCCCCN1CCCC(C)C1. The molecule has 136 valence electrons. The number of rotatable bonds is 11.